The number of fused-ring (bicyclic) bond motifs is 2. The molecule has 172 valence electrons. The van der Waals surface area contributed by atoms with Crippen LogP contribution in [0.3, 0.4) is 0 Å². The molecule has 0 atom stereocenters. The fourth-order valence-electron chi connectivity index (χ4n) is 4.50. The molecule has 0 aliphatic rings. The summed E-state index contributed by atoms with van der Waals surface area (Å²) in [6.07, 6.45) is 0.785. The Morgan fingerprint density at radius 1 is 0.829 bits per heavy atom. The number of benzene rings is 5. The van der Waals surface area contributed by atoms with Gasteiger partial charge in [-0.15, -0.1) is 0 Å². The van der Waals surface area contributed by atoms with E-state index in [2.05, 4.69) is 0 Å². The van der Waals surface area contributed by atoms with E-state index in [-0.39, 0.29) is 12.3 Å². The lowest BCUT2D eigenvalue weighted by atomic mass is 9.90. The molecule has 0 saturated heterocycles. The van der Waals surface area contributed by atoms with Crippen LogP contribution in [0.4, 0.5) is 5.69 Å². The highest BCUT2D eigenvalue weighted by molar-refractivity contribution is 6.12. The molecule has 5 rings (SSSR count). The summed E-state index contributed by atoms with van der Waals surface area (Å²) in [5.41, 5.74) is 2.40. The molecule has 5 aromatic carbocycles. The Balaban J connectivity index is 1.78. The molecule has 0 spiro atoms. The lowest BCUT2D eigenvalue weighted by molar-refractivity contribution is -0.385. The maximum atomic E-state index is 12.0. The van der Waals surface area contributed by atoms with Gasteiger partial charge in [0, 0.05) is 17.2 Å². The molecule has 35 heavy (non-hydrogen) atoms. The normalized spacial score (nSPS) is 10.9. The second kappa shape index (κ2) is 9.27. The number of nitro groups is 1. The Morgan fingerprint density at radius 3 is 2.20 bits per heavy atom. The van der Waals surface area contributed by atoms with E-state index < -0.39 is 4.92 Å². The minimum Gasteiger partial charge on any atom is -0.495 e. The van der Waals surface area contributed by atoms with Crippen LogP contribution in [0, 0.1) is 10.1 Å². The van der Waals surface area contributed by atoms with Crippen LogP contribution >= 0.6 is 0 Å². The third kappa shape index (κ3) is 3.95. The number of para-hydroxylation sites is 1. The zero-order valence-corrected chi connectivity index (χ0v) is 18.9. The molecule has 0 unspecified atom stereocenters. The Kier molecular flexibility index (Phi) is 5.85. The van der Waals surface area contributed by atoms with Crippen molar-refractivity contribution in [1.29, 1.82) is 0 Å². The Morgan fingerprint density at radius 2 is 1.49 bits per heavy atom. The van der Waals surface area contributed by atoms with Gasteiger partial charge in [0.15, 0.2) is 6.29 Å². The van der Waals surface area contributed by atoms with E-state index in [0.29, 0.717) is 22.6 Å². The van der Waals surface area contributed by atoms with Gasteiger partial charge in [-0.1, -0.05) is 66.7 Å². The van der Waals surface area contributed by atoms with Crippen molar-refractivity contribution >= 4 is 33.5 Å². The zero-order valence-electron chi connectivity index (χ0n) is 18.9. The summed E-state index contributed by atoms with van der Waals surface area (Å²) < 4.78 is 12.0. The average molecular weight is 463 g/mol. The molecule has 0 N–H and O–H groups in total. The molecule has 0 amide bonds. The van der Waals surface area contributed by atoms with Gasteiger partial charge in [-0.3, -0.25) is 14.9 Å². The summed E-state index contributed by atoms with van der Waals surface area (Å²) in [5, 5.41) is 15.2. The number of carbonyl (C=O) groups excluding carboxylic acids is 1. The third-order valence-corrected chi connectivity index (χ3v) is 6.07. The van der Waals surface area contributed by atoms with Crippen molar-refractivity contribution in [3.63, 3.8) is 0 Å². The maximum absolute atomic E-state index is 12.0. The molecule has 0 aliphatic heterocycles. The van der Waals surface area contributed by atoms with Gasteiger partial charge in [-0.05, 0) is 39.7 Å². The second-order valence-electron chi connectivity index (χ2n) is 8.05. The van der Waals surface area contributed by atoms with Crippen molar-refractivity contribution in [2.45, 2.75) is 6.61 Å². The van der Waals surface area contributed by atoms with Gasteiger partial charge in [-0.2, -0.15) is 0 Å². The van der Waals surface area contributed by atoms with Gasteiger partial charge in [0.25, 0.3) is 5.69 Å². The summed E-state index contributed by atoms with van der Waals surface area (Å²) >= 11 is 0. The topological polar surface area (TPSA) is 78.7 Å². The van der Waals surface area contributed by atoms with Crippen molar-refractivity contribution in [3.05, 3.63) is 112 Å². The summed E-state index contributed by atoms with van der Waals surface area (Å²) in [5.74, 6) is 0.985. The van der Waals surface area contributed by atoms with Gasteiger partial charge in [0.1, 0.15) is 18.1 Å². The predicted octanol–water partition coefficient (Wildman–Crippen LogP) is 6.97. The van der Waals surface area contributed by atoms with Crippen molar-refractivity contribution < 1.29 is 19.2 Å². The standard InChI is InChI=1S/C29H21NO5/c1-34-29-22(17-31)16-20-9-3-6-12-24(20)28(29)27-23-11-5-2-8-19(23)14-15-26(27)35-18-21-10-4-7-13-25(21)30(32)33/h2-17H,18H2,1H3. The maximum Gasteiger partial charge on any atom is 0.276 e. The Hall–Kier alpha value is -4.71. The van der Waals surface area contributed by atoms with Crippen molar-refractivity contribution in [2.24, 2.45) is 0 Å². The SMILES string of the molecule is COc1c(C=O)cc2ccccc2c1-c1c(OCc2ccccc2[N+](=O)[O-])ccc2ccccc12. The number of aldehydes is 1. The zero-order chi connectivity index (χ0) is 24.4. The number of methoxy groups -OCH3 is 1. The highest BCUT2D eigenvalue weighted by Gasteiger charge is 2.22. The largest absolute Gasteiger partial charge is 0.495 e. The van der Waals surface area contributed by atoms with E-state index in [0.717, 1.165) is 39.0 Å². The van der Waals surface area contributed by atoms with Crippen molar-refractivity contribution in [1.82, 2.24) is 0 Å². The van der Waals surface area contributed by atoms with Crippen LogP contribution in [-0.2, 0) is 6.61 Å². The molecular weight excluding hydrogens is 442 g/mol. The average Bonchev–Trinajstić information content (AvgIpc) is 2.90. The molecule has 0 aliphatic carbocycles. The molecule has 5 aromatic rings. The van der Waals surface area contributed by atoms with E-state index in [9.17, 15) is 14.9 Å². The first kappa shape index (κ1) is 22.1. The molecule has 0 bridgehead atoms. The third-order valence-electron chi connectivity index (χ3n) is 6.07. The first-order chi connectivity index (χ1) is 17.1. The molecule has 0 fully saturated rings. The van der Waals surface area contributed by atoms with Crippen LogP contribution in [0.15, 0.2) is 91.0 Å². The van der Waals surface area contributed by atoms with Gasteiger partial charge in [0.05, 0.1) is 23.2 Å². The monoisotopic (exact) mass is 463 g/mol. The Bertz CT molecular complexity index is 1590. The Labute approximate surface area is 201 Å². The minimum absolute atomic E-state index is 0.000761. The first-order valence-corrected chi connectivity index (χ1v) is 11.0. The smallest absolute Gasteiger partial charge is 0.276 e. The lowest BCUT2D eigenvalue weighted by Gasteiger charge is -2.20. The van der Waals surface area contributed by atoms with Crippen LogP contribution in [0.5, 0.6) is 11.5 Å². The lowest BCUT2D eigenvalue weighted by Crippen LogP contribution is -2.03. The van der Waals surface area contributed by atoms with Gasteiger partial charge < -0.3 is 9.47 Å². The quantitative estimate of drug-likeness (QED) is 0.148. The number of hydrogen-bond acceptors (Lipinski definition) is 5. The fraction of sp³-hybridized carbons (Fsp3) is 0.0690. The molecule has 0 aromatic heterocycles. The summed E-state index contributed by atoms with van der Waals surface area (Å²) in [6, 6.07) is 27.8. The second-order valence-corrected chi connectivity index (χ2v) is 8.05. The number of ether oxygens (including phenoxy) is 2. The fourth-order valence-corrected chi connectivity index (χ4v) is 4.50. The van der Waals surface area contributed by atoms with Gasteiger partial charge in [-0.25, -0.2) is 0 Å². The number of rotatable bonds is 7. The predicted molar refractivity (Wildman–Crippen MR) is 136 cm³/mol. The molecular formula is C29H21NO5. The van der Waals surface area contributed by atoms with Crippen LogP contribution in [0.25, 0.3) is 32.7 Å². The first-order valence-electron chi connectivity index (χ1n) is 11.0. The molecule has 6 nitrogen and oxygen atoms in total. The summed E-state index contributed by atoms with van der Waals surface area (Å²) in [6.45, 7) is 0.0100. The molecule has 0 heterocycles. The van der Waals surface area contributed by atoms with E-state index >= 15 is 0 Å². The highest BCUT2D eigenvalue weighted by Crippen LogP contribution is 2.46. The van der Waals surface area contributed by atoms with E-state index in [1.807, 2.05) is 66.7 Å². The summed E-state index contributed by atoms with van der Waals surface area (Å²) in [7, 11) is 1.54. The molecule has 0 saturated carbocycles. The van der Waals surface area contributed by atoms with Crippen LogP contribution in [0.2, 0.25) is 0 Å². The van der Waals surface area contributed by atoms with E-state index in [1.54, 1.807) is 25.3 Å². The number of nitrogens with zero attached hydrogens (tertiary/aromatic N) is 1. The minimum atomic E-state index is -0.413. The molecule has 6 heteroatoms. The van der Waals surface area contributed by atoms with Crippen molar-refractivity contribution in [2.75, 3.05) is 7.11 Å². The number of hydrogen-bond donors (Lipinski definition) is 0. The summed E-state index contributed by atoms with van der Waals surface area (Å²) in [4.78, 5) is 23.1. The van der Waals surface area contributed by atoms with E-state index in [1.165, 1.54) is 6.07 Å². The van der Waals surface area contributed by atoms with E-state index in [4.69, 9.17) is 9.47 Å². The van der Waals surface area contributed by atoms with Crippen molar-refractivity contribution in [3.8, 4) is 22.6 Å². The number of carbonyl (C=O) groups is 1. The van der Waals surface area contributed by atoms with Gasteiger partial charge in [0.2, 0.25) is 0 Å². The number of nitro benzene ring substituents is 1. The van der Waals surface area contributed by atoms with Crippen LogP contribution < -0.4 is 9.47 Å². The highest BCUT2D eigenvalue weighted by atomic mass is 16.6. The van der Waals surface area contributed by atoms with Crippen LogP contribution in [-0.4, -0.2) is 18.3 Å². The van der Waals surface area contributed by atoms with Gasteiger partial charge >= 0.3 is 0 Å². The molecule has 0 radical (unpaired) electrons. The van der Waals surface area contributed by atoms with Crippen LogP contribution in [0.1, 0.15) is 15.9 Å².